The van der Waals surface area contributed by atoms with E-state index in [4.69, 9.17) is 5.26 Å². The Balaban J connectivity index is 1.86. The molecule has 1 heterocycles. The summed E-state index contributed by atoms with van der Waals surface area (Å²) in [6, 6.07) is 16.0. The van der Waals surface area contributed by atoms with Gasteiger partial charge in [0.15, 0.2) is 0 Å². The van der Waals surface area contributed by atoms with Crippen LogP contribution in [-0.2, 0) is 15.1 Å². The maximum atomic E-state index is 13.1. The number of carbonyl (C=O) groups excluding carboxylic acids is 3. The molecule has 1 aliphatic rings. The van der Waals surface area contributed by atoms with E-state index in [9.17, 15) is 14.4 Å². The Morgan fingerprint density at radius 2 is 1.77 bits per heavy atom. The van der Waals surface area contributed by atoms with Gasteiger partial charge in [0.2, 0.25) is 5.91 Å². The predicted molar refractivity (Wildman–Crippen MR) is 113 cm³/mol. The van der Waals surface area contributed by atoms with E-state index in [1.54, 1.807) is 31.2 Å². The first kappa shape index (κ1) is 21.1. The lowest BCUT2D eigenvalue weighted by Crippen LogP contribution is -2.45. The first-order valence-corrected chi connectivity index (χ1v) is 9.71. The van der Waals surface area contributed by atoms with Crippen LogP contribution >= 0.6 is 0 Å². The molecular formula is C23H24N4O3. The minimum Gasteiger partial charge on any atom is -0.319 e. The van der Waals surface area contributed by atoms with Crippen molar-refractivity contribution in [1.29, 1.82) is 5.26 Å². The van der Waals surface area contributed by atoms with Crippen molar-refractivity contribution in [3.8, 4) is 6.07 Å². The van der Waals surface area contributed by atoms with Crippen LogP contribution in [-0.4, -0.2) is 35.8 Å². The molecule has 1 N–H and O–H groups in total. The summed E-state index contributed by atoms with van der Waals surface area (Å²) < 4.78 is 0. The van der Waals surface area contributed by atoms with Gasteiger partial charge in [-0.2, -0.15) is 5.26 Å². The van der Waals surface area contributed by atoms with Gasteiger partial charge in [-0.1, -0.05) is 36.4 Å². The fourth-order valence-corrected chi connectivity index (χ4v) is 3.69. The number of urea groups is 1. The third-order valence-electron chi connectivity index (χ3n) is 5.19. The van der Waals surface area contributed by atoms with Crippen LogP contribution < -0.4 is 10.2 Å². The van der Waals surface area contributed by atoms with Crippen LogP contribution in [0.15, 0.2) is 48.5 Å². The quantitative estimate of drug-likeness (QED) is 0.749. The van der Waals surface area contributed by atoms with Crippen molar-refractivity contribution in [3.05, 3.63) is 65.2 Å². The molecule has 7 nitrogen and oxygen atoms in total. The van der Waals surface area contributed by atoms with E-state index >= 15 is 0 Å². The average Bonchev–Trinajstić information content (AvgIpc) is 2.92. The number of imide groups is 1. The Morgan fingerprint density at radius 1 is 1.13 bits per heavy atom. The van der Waals surface area contributed by atoms with Crippen LogP contribution in [0.4, 0.5) is 10.5 Å². The van der Waals surface area contributed by atoms with Gasteiger partial charge in [0.25, 0.3) is 5.91 Å². The maximum Gasteiger partial charge on any atom is 0.325 e. The SMILES string of the molecule is Cc1cc(C)cc(N(CCC#N)C(=O)CN2C(=O)NC(C)(c3ccccc3)C2=O)c1. The van der Waals surface area contributed by atoms with Gasteiger partial charge in [0.1, 0.15) is 12.1 Å². The molecule has 2 aromatic carbocycles. The van der Waals surface area contributed by atoms with E-state index < -0.39 is 29.9 Å². The smallest absolute Gasteiger partial charge is 0.319 e. The molecule has 0 saturated carbocycles. The second kappa shape index (κ2) is 8.37. The monoisotopic (exact) mass is 404 g/mol. The molecular weight excluding hydrogens is 380 g/mol. The summed E-state index contributed by atoms with van der Waals surface area (Å²) in [6.07, 6.45) is 0.139. The molecule has 2 aromatic rings. The predicted octanol–water partition coefficient (Wildman–Crippen LogP) is 3.02. The van der Waals surface area contributed by atoms with Crippen molar-refractivity contribution in [3.63, 3.8) is 0 Å². The number of hydrogen-bond acceptors (Lipinski definition) is 4. The summed E-state index contributed by atoms with van der Waals surface area (Å²) in [7, 11) is 0. The van der Waals surface area contributed by atoms with Gasteiger partial charge in [-0.25, -0.2) is 4.79 Å². The van der Waals surface area contributed by atoms with E-state index in [1.807, 2.05) is 44.2 Å². The highest BCUT2D eigenvalue weighted by Gasteiger charge is 2.49. The Hall–Kier alpha value is -3.66. The minimum absolute atomic E-state index is 0.139. The van der Waals surface area contributed by atoms with Crippen molar-refractivity contribution in [2.75, 3.05) is 18.0 Å². The van der Waals surface area contributed by atoms with Crippen molar-refractivity contribution in [1.82, 2.24) is 10.2 Å². The number of anilines is 1. The van der Waals surface area contributed by atoms with Crippen molar-refractivity contribution < 1.29 is 14.4 Å². The Morgan fingerprint density at radius 3 is 2.37 bits per heavy atom. The van der Waals surface area contributed by atoms with Gasteiger partial charge in [-0.15, -0.1) is 0 Å². The summed E-state index contributed by atoms with van der Waals surface area (Å²) >= 11 is 0. The van der Waals surface area contributed by atoms with Crippen LogP contribution in [0.1, 0.15) is 30.0 Å². The molecule has 0 radical (unpaired) electrons. The highest BCUT2D eigenvalue weighted by molar-refractivity contribution is 6.10. The van der Waals surface area contributed by atoms with Crippen LogP contribution in [0.5, 0.6) is 0 Å². The number of aryl methyl sites for hydroxylation is 2. The standard InChI is InChI=1S/C23H24N4O3/c1-16-12-17(2)14-19(13-16)26(11-7-10-24)20(28)15-27-21(29)23(3,25-22(27)30)18-8-5-4-6-9-18/h4-6,8-9,12-14H,7,11,15H2,1-3H3,(H,25,30). The number of rotatable bonds is 6. The zero-order chi connectivity index (χ0) is 21.9. The Labute approximate surface area is 175 Å². The summed E-state index contributed by atoms with van der Waals surface area (Å²) in [5.41, 5.74) is 2.02. The van der Waals surface area contributed by atoms with Gasteiger partial charge < -0.3 is 10.2 Å². The highest BCUT2D eigenvalue weighted by Crippen LogP contribution is 2.29. The zero-order valence-corrected chi connectivity index (χ0v) is 17.3. The molecule has 0 aromatic heterocycles. The van der Waals surface area contributed by atoms with Gasteiger partial charge in [0, 0.05) is 12.2 Å². The van der Waals surface area contributed by atoms with Crippen LogP contribution in [0.25, 0.3) is 0 Å². The first-order chi connectivity index (χ1) is 14.3. The molecule has 4 amide bonds. The number of nitrogens with one attached hydrogen (secondary N) is 1. The summed E-state index contributed by atoms with van der Waals surface area (Å²) in [4.78, 5) is 41.1. The number of amides is 4. The second-order valence-electron chi connectivity index (χ2n) is 7.61. The van der Waals surface area contributed by atoms with Crippen LogP contribution in [0, 0.1) is 25.2 Å². The van der Waals surface area contributed by atoms with Crippen molar-refractivity contribution in [2.24, 2.45) is 0 Å². The van der Waals surface area contributed by atoms with E-state index in [1.165, 1.54) is 4.90 Å². The van der Waals surface area contributed by atoms with Crippen LogP contribution in [0.2, 0.25) is 0 Å². The molecule has 154 valence electrons. The molecule has 3 rings (SSSR count). The second-order valence-corrected chi connectivity index (χ2v) is 7.61. The average molecular weight is 404 g/mol. The van der Waals surface area contributed by atoms with Crippen LogP contribution in [0.3, 0.4) is 0 Å². The molecule has 1 saturated heterocycles. The molecule has 1 unspecified atom stereocenters. The molecule has 1 fully saturated rings. The summed E-state index contributed by atoms with van der Waals surface area (Å²) in [6.45, 7) is 5.26. The normalized spacial score (nSPS) is 18.1. The molecule has 0 spiro atoms. The van der Waals surface area contributed by atoms with Crippen molar-refractivity contribution in [2.45, 2.75) is 32.7 Å². The molecule has 1 aliphatic heterocycles. The lowest BCUT2D eigenvalue weighted by molar-refractivity contribution is -0.134. The summed E-state index contributed by atoms with van der Waals surface area (Å²) in [5.74, 6) is -0.899. The van der Waals surface area contributed by atoms with E-state index in [0.717, 1.165) is 16.0 Å². The molecule has 7 heteroatoms. The van der Waals surface area contributed by atoms with E-state index in [-0.39, 0.29) is 13.0 Å². The van der Waals surface area contributed by atoms with Gasteiger partial charge in [0.05, 0.1) is 12.5 Å². The third kappa shape index (κ3) is 4.03. The van der Waals surface area contributed by atoms with E-state index in [0.29, 0.717) is 11.3 Å². The lowest BCUT2D eigenvalue weighted by Gasteiger charge is -2.25. The van der Waals surface area contributed by atoms with Gasteiger partial charge in [-0.05, 0) is 49.6 Å². The number of carbonyl (C=O) groups is 3. The number of nitriles is 1. The fraction of sp³-hybridized carbons (Fsp3) is 0.304. The largest absolute Gasteiger partial charge is 0.325 e. The highest BCUT2D eigenvalue weighted by atomic mass is 16.2. The molecule has 0 aliphatic carbocycles. The third-order valence-corrected chi connectivity index (χ3v) is 5.19. The summed E-state index contributed by atoms with van der Waals surface area (Å²) in [5, 5.41) is 11.7. The molecule has 1 atom stereocenters. The van der Waals surface area contributed by atoms with E-state index in [2.05, 4.69) is 5.32 Å². The topological polar surface area (TPSA) is 93.5 Å². The first-order valence-electron chi connectivity index (χ1n) is 9.71. The number of nitrogens with zero attached hydrogens (tertiary/aromatic N) is 3. The molecule has 30 heavy (non-hydrogen) atoms. The number of hydrogen-bond donors (Lipinski definition) is 1. The molecule has 0 bridgehead atoms. The lowest BCUT2D eigenvalue weighted by atomic mass is 9.92. The van der Waals surface area contributed by atoms with Gasteiger partial charge >= 0.3 is 6.03 Å². The maximum absolute atomic E-state index is 13.1. The van der Waals surface area contributed by atoms with Gasteiger partial charge in [-0.3, -0.25) is 14.5 Å². The zero-order valence-electron chi connectivity index (χ0n) is 17.3. The Bertz CT molecular complexity index is 1010. The van der Waals surface area contributed by atoms with Crippen molar-refractivity contribution >= 4 is 23.5 Å². The Kier molecular flexibility index (Phi) is 5.88. The number of benzene rings is 2. The fourth-order valence-electron chi connectivity index (χ4n) is 3.69. The minimum atomic E-state index is -1.23.